The first kappa shape index (κ1) is 12.8. The van der Waals surface area contributed by atoms with Gasteiger partial charge < -0.3 is 15.0 Å². The third kappa shape index (κ3) is 3.96. The monoisotopic (exact) mass is 240 g/mol. The molecule has 98 valence electrons. The zero-order valence-electron chi connectivity index (χ0n) is 10.8. The van der Waals surface area contributed by atoms with E-state index in [-0.39, 0.29) is 18.1 Å². The molecular formula is C13H24N2O2. The lowest BCUT2D eigenvalue weighted by Crippen LogP contribution is -2.41. The van der Waals surface area contributed by atoms with E-state index in [2.05, 4.69) is 17.3 Å². The summed E-state index contributed by atoms with van der Waals surface area (Å²) in [7, 11) is 2.12. The topological polar surface area (TPSA) is 41.6 Å². The molecule has 1 unspecified atom stereocenters. The van der Waals surface area contributed by atoms with E-state index in [1.807, 2.05) is 0 Å². The minimum absolute atomic E-state index is 0.0264. The number of piperidine rings is 1. The van der Waals surface area contributed by atoms with E-state index in [4.69, 9.17) is 4.74 Å². The van der Waals surface area contributed by atoms with Crippen LogP contribution in [0.15, 0.2) is 0 Å². The van der Waals surface area contributed by atoms with Crippen LogP contribution >= 0.6 is 0 Å². The van der Waals surface area contributed by atoms with Crippen LogP contribution in [0.1, 0.15) is 38.5 Å². The standard InChI is InChI=1S/C13H24N2O2/c1-15-9-6-11(7-10-15)17-13(16)12-5-3-2-4-8-14-12/h11-12,14H,2-10H2,1H3. The molecule has 2 rings (SSSR count). The number of nitrogens with zero attached hydrogens (tertiary/aromatic N) is 1. The lowest BCUT2D eigenvalue weighted by Gasteiger charge is -2.29. The highest BCUT2D eigenvalue weighted by Crippen LogP contribution is 2.15. The predicted molar refractivity (Wildman–Crippen MR) is 66.9 cm³/mol. The van der Waals surface area contributed by atoms with Crippen molar-refractivity contribution < 1.29 is 9.53 Å². The van der Waals surface area contributed by atoms with Gasteiger partial charge in [0.05, 0.1) is 0 Å². The summed E-state index contributed by atoms with van der Waals surface area (Å²) in [5.41, 5.74) is 0. The van der Waals surface area contributed by atoms with Gasteiger partial charge in [0.15, 0.2) is 0 Å². The first-order valence-corrected chi connectivity index (χ1v) is 6.88. The van der Waals surface area contributed by atoms with Gasteiger partial charge in [-0.15, -0.1) is 0 Å². The maximum Gasteiger partial charge on any atom is 0.323 e. The van der Waals surface area contributed by atoms with Crippen molar-refractivity contribution in [3.63, 3.8) is 0 Å². The van der Waals surface area contributed by atoms with Crippen molar-refractivity contribution in [1.82, 2.24) is 10.2 Å². The summed E-state index contributed by atoms with van der Waals surface area (Å²) in [5, 5.41) is 3.29. The second-order valence-corrected chi connectivity index (χ2v) is 5.30. The summed E-state index contributed by atoms with van der Waals surface area (Å²) in [6, 6.07) is -0.0582. The van der Waals surface area contributed by atoms with Crippen molar-refractivity contribution in [2.24, 2.45) is 0 Å². The Kier molecular flexibility index (Phi) is 4.80. The number of hydrogen-bond donors (Lipinski definition) is 1. The Hall–Kier alpha value is -0.610. The zero-order valence-corrected chi connectivity index (χ0v) is 10.8. The quantitative estimate of drug-likeness (QED) is 0.735. The molecule has 0 radical (unpaired) electrons. The molecule has 0 aromatic carbocycles. The number of carbonyl (C=O) groups excluding carboxylic acids is 1. The number of nitrogens with one attached hydrogen (secondary N) is 1. The number of ether oxygens (including phenoxy) is 1. The van der Waals surface area contributed by atoms with Crippen LogP contribution in [-0.4, -0.2) is 49.7 Å². The molecule has 17 heavy (non-hydrogen) atoms. The van der Waals surface area contributed by atoms with Crippen LogP contribution in [0.4, 0.5) is 0 Å². The van der Waals surface area contributed by atoms with Gasteiger partial charge in [-0.1, -0.05) is 12.8 Å². The van der Waals surface area contributed by atoms with Crippen LogP contribution in [0, 0.1) is 0 Å². The maximum absolute atomic E-state index is 12.0. The van der Waals surface area contributed by atoms with Crippen LogP contribution in [-0.2, 0) is 9.53 Å². The van der Waals surface area contributed by atoms with Crippen molar-refractivity contribution in [2.45, 2.75) is 50.7 Å². The average Bonchev–Trinajstić information content (AvgIpc) is 2.61. The van der Waals surface area contributed by atoms with Crippen LogP contribution in [0.3, 0.4) is 0 Å². The first-order chi connectivity index (χ1) is 8.25. The predicted octanol–water partition coefficient (Wildman–Crippen LogP) is 1.16. The number of likely N-dealkylation sites (tertiary alicyclic amines) is 1. The molecule has 2 aliphatic heterocycles. The van der Waals surface area contributed by atoms with E-state index in [0.717, 1.165) is 45.3 Å². The van der Waals surface area contributed by atoms with Crippen molar-refractivity contribution in [2.75, 3.05) is 26.7 Å². The molecule has 0 aromatic heterocycles. The smallest absolute Gasteiger partial charge is 0.323 e. The van der Waals surface area contributed by atoms with Gasteiger partial charge in [0.2, 0.25) is 0 Å². The molecule has 2 saturated heterocycles. The molecule has 2 heterocycles. The van der Waals surface area contributed by atoms with Gasteiger partial charge in [0, 0.05) is 13.1 Å². The van der Waals surface area contributed by atoms with Crippen LogP contribution < -0.4 is 5.32 Å². The van der Waals surface area contributed by atoms with E-state index >= 15 is 0 Å². The summed E-state index contributed by atoms with van der Waals surface area (Å²) in [5.74, 6) is -0.0264. The second kappa shape index (κ2) is 6.36. The van der Waals surface area contributed by atoms with E-state index in [0.29, 0.717) is 0 Å². The highest BCUT2D eigenvalue weighted by atomic mass is 16.5. The fraction of sp³-hybridized carbons (Fsp3) is 0.923. The van der Waals surface area contributed by atoms with Crippen molar-refractivity contribution in [1.29, 1.82) is 0 Å². The molecule has 0 spiro atoms. The Balaban J connectivity index is 1.75. The minimum atomic E-state index is -0.0582. The van der Waals surface area contributed by atoms with E-state index < -0.39 is 0 Å². The van der Waals surface area contributed by atoms with E-state index in [1.165, 1.54) is 12.8 Å². The highest BCUT2D eigenvalue weighted by Gasteiger charge is 2.25. The van der Waals surface area contributed by atoms with Crippen LogP contribution in [0.25, 0.3) is 0 Å². The summed E-state index contributed by atoms with van der Waals surface area (Å²) in [6.07, 6.45) is 6.59. The molecule has 1 N–H and O–H groups in total. The average molecular weight is 240 g/mol. The fourth-order valence-electron chi connectivity index (χ4n) is 2.58. The van der Waals surface area contributed by atoms with Gasteiger partial charge in [-0.3, -0.25) is 4.79 Å². The second-order valence-electron chi connectivity index (χ2n) is 5.30. The normalized spacial score (nSPS) is 28.6. The van der Waals surface area contributed by atoms with Gasteiger partial charge in [0.25, 0.3) is 0 Å². The Morgan fingerprint density at radius 3 is 2.71 bits per heavy atom. The zero-order chi connectivity index (χ0) is 12.1. The van der Waals surface area contributed by atoms with Gasteiger partial charge in [-0.25, -0.2) is 0 Å². The molecule has 2 fully saturated rings. The fourth-order valence-corrected chi connectivity index (χ4v) is 2.58. The molecule has 0 aromatic rings. The number of rotatable bonds is 2. The molecule has 2 aliphatic rings. The highest BCUT2D eigenvalue weighted by molar-refractivity contribution is 5.76. The Labute approximate surface area is 104 Å². The molecule has 0 bridgehead atoms. The largest absolute Gasteiger partial charge is 0.461 e. The summed E-state index contributed by atoms with van der Waals surface area (Å²) in [6.45, 7) is 3.03. The van der Waals surface area contributed by atoms with E-state index in [9.17, 15) is 4.79 Å². The van der Waals surface area contributed by atoms with Gasteiger partial charge in [-0.05, 0) is 39.3 Å². The SMILES string of the molecule is CN1CCC(OC(=O)C2CCCCCN2)CC1. The van der Waals surface area contributed by atoms with E-state index in [1.54, 1.807) is 0 Å². The lowest BCUT2D eigenvalue weighted by atomic mass is 10.1. The van der Waals surface area contributed by atoms with Crippen LogP contribution in [0.5, 0.6) is 0 Å². The molecule has 0 aliphatic carbocycles. The molecule has 4 nitrogen and oxygen atoms in total. The van der Waals surface area contributed by atoms with Crippen LogP contribution in [0.2, 0.25) is 0 Å². The van der Waals surface area contributed by atoms with Gasteiger partial charge in [-0.2, -0.15) is 0 Å². The molecule has 1 atom stereocenters. The van der Waals surface area contributed by atoms with Gasteiger partial charge >= 0.3 is 5.97 Å². The molecule has 4 heteroatoms. The molecule has 0 amide bonds. The summed E-state index contributed by atoms with van der Waals surface area (Å²) >= 11 is 0. The Morgan fingerprint density at radius 2 is 1.94 bits per heavy atom. The van der Waals surface area contributed by atoms with Crippen molar-refractivity contribution in [3.8, 4) is 0 Å². The molecule has 0 saturated carbocycles. The lowest BCUT2D eigenvalue weighted by molar-refractivity contribution is -0.153. The summed E-state index contributed by atoms with van der Waals surface area (Å²) < 4.78 is 5.61. The summed E-state index contributed by atoms with van der Waals surface area (Å²) in [4.78, 5) is 14.3. The van der Waals surface area contributed by atoms with Crippen molar-refractivity contribution >= 4 is 5.97 Å². The number of carbonyl (C=O) groups is 1. The van der Waals surface area contributed by atoms with Crippen molar-refractivity contribution in [3.05, 3.63) is 0 Å². The minimum Gasteiger partial charge on any atom is -0.461 e. The Morgan fingerprint density at radius 1 is 1.18 bits per heavy atom. The first-order valence-electron chi connectivity index (χ1n) is 6.88. The van der Waals surface area contributed by atoms with Gasteiger partial charge in [0.1, 0.15) is 12.1 Å². The third-order valence-electron chi connectivity index (χ3n) is 3.79. The molecular weight excluding hydrogens is 216 g/mol. The number of esters is 1. The third-order valence-corrected chi connectivity index (χ3v) is 3.79. The number of hydrogen-bond acceptors (Lipinski definition) is 4. The maximum atomic E-state index is 12.0. The Bertz CT molecular complexity index is 242.